The standard InChI is InChI=1S/C22H23ClN2O2/c1-2-27-22(26)25-12-9-15(10-13-25)20-19-8-7-18(23)14-17(19)6-5-16-4-3-11-24-21(16)20/h3-4,7-8,11,14H,2,5-6,9-10,12-13H2,1H3/i12D2,13D2. The topological polar surface area (TPSA) is 42.4 Å². The van der Waals surface area contributed by atoms with Gasteiger partial charge < -0.3 is 9.64 Å². The van der Waals surface area contributed by atoms with Gasteiger partial charge in [-0.05, 0) is 67.5 Å². The van der Waals surface area contributed by atoms with E-state index in [1.54, 1.807) is 19.2 Å². The van der Waals surface area contributed by atoms with E-state index < -0.39 is 19.1 Å². The predicted molar refractivity (Wildman–Crippen MR) is 107 cm³/mol. The van der Waals surface area contributed by atoms with Crippen LogP contribution in [0.3, 0.4) is 0 Å². The molecule has 1 aliphatic carbocycles. The molecule has 140 valence electrons. The Morgan fingerprint density at radius 1 is 1.22 bits per heavy atom. The van der Waals surface area contributed by atoms with Crippen molar-refractivity contribution >= 4 is 23.3 Å². The first-order chi connectivity index (χ1) is 14.6. The largest absolute Gasteiger partial charge is 0.450 e. The third-order valence-electron chi connectivity index (χ3n) is 4.83. The number of piperidine rings is 1. The highest BCUT2D eigenvalue weighted by Gasteiger charge is 2.26. The fourth-order valence-electron chi connectivity index (χ4n) is 3.59. The Kier molecular flexibility index (Phi) is 3.95. The van der Waals surface area contributed by atoms with Crippen molar-refractivity contribution < 1.29 is 15.0 Å². The highest BCUT2D eigenvalue weighted by molar-refractivity contribution is 6.30. The minimum atomic E-state index is -2.26. The molecule has 0 atom stereocenters. The Balaban J connectivity index is 1.92. The molecule has 1 aromatic carbocycles. The van der Waals surface area contributed by atoms with Gasteiger partial charge in [0.05, 0.1) is 12.3 Å². The van der Waals surface area contributed by atoms with Crippen molar-refractivity contribution in [3.05, 3.63) is 69.5 Å². The van der Waals surface area contributed by atoms with Gasteiger partial charge in [-0.3, -0.25) is 4.98 Å². The average molecular weight is 387 g/mol. The van der Waals surface area contributed by atoms with Gasteiger partial charge in [0.15, 0.2) is 0 Å². The van der Waals surface area contributed by atoms with Crippen LogP contribution in [0, 0.1) is 0 Å². The third kappa shape index (κ3) is 3.59. The zero-order valence-corrected chi connectivity index (χ0v) is 15.8. The molecule has 0 saturated carbocycles. The van der Waals surface area contributed by atoms with Crippen molar-refractivity contribution in [3.63, 3.8) is 0 Å². The number of aromatic nitrogens is 1. The van der Waals surface area contributed by atoms with Crippen LogP contribution >= 0.6 is 11.6 Å². The van der Waals surface area contributed by atoms with Gasteiger partial charge in [0.25, 0.3) is 0 Å². The number of nitrogens with zero attached hydrogens (tertiary/aromatic N) is 2. The number of benzene rings is 1. The second-order valence-electron chi connectivity index (χ2n) is 6.50. The zero-order valence-electron chi connectivity index (χ0n) is 19.1. The summed E-state index contributed by atoms with van der Waals surface area (Å²) in [5.41, 5.74) is 4.97. The van der Waals surface area contributed by atoms with Crippen LogP contribution < -0.4 is 0 Å². The summed E-state index contributed by atoms with van der Waals surface area (Å²) in [6.07, 6.45) is 1.92. The number of likely N-dealkylation sites (tertiary alicyclic amines) is 1. The van der Waals surface area contributed by atoms with Crippen LogP contribution in [0.25, 0.3) is 5.57 Å². The fourth-order valence-corrected chi connectivity index (χ4v) is 3.79. The summed E-state index contributed by atoms with van der Waals surface area (Å²) in [5, 5.41) is 0.616. The molecule has 5 heteroatoms. The molecule has 0 unspecified atom stereocenters. The number of hydrogen-bond donors (Lipinski definition) is 0. The number of carbonyl (C=O) groups is 1. The SMILES string of the molecule is [2H]C1([2H])CC(=C2c3ccc(Cl)cc3CCc3cccnc32)CC([2H])([2H])N1C(=O)OCC. The van der Waals surface area contributed by atoms with E-state index in [1.807, 2.05) is 24.3 Å². The number of halogens is 1. The van der Waals surface area contributed by atoms with E-state index in [0.29, 0.717) is 15.5 Å². The van der Waals surface area contributed by atoms with E-state index in [0.717, 1.165) is 40.8 Å². The number of rotatable bonds is 1. The van der Waals surface area contributed by atoms with Gasteiger partial charge in [0.2, 0.25) is 0 Å². The quantitative estimate of drug-likeness (QED) is 0.700. The molecule has 1 saturated heterocycles. The molecule has 1 amide bonds. The molecule has 1 aliphatic heterocycles. The van der Waals surface area contributed by atoms with Gasteiger partial charge in [-0.2, -0.15) is 0 Å². The Hall–Kier alpha value is -2.33. The van der Waals surface area contributed by atoms with Gasteiger partial charge >= 0.3 is 6.09 Å². The number of fused-ring (bicyclic) bond motifs is 2. The third-order valence-corrected chi connectivity index (χ3v) is 5.07. The molecule has 1 fully saturated rings. The van der Waals surface area contributed by atoms with Crippen LogP contribution in [-0.2, 0) is 17.6 Å². The molecule has 4 nitrogen and oxygen atoms in total. The first-order valence-electron chi connectivity index (χ1n) is 11.1. The summed E-state index contributed by atoms with van der Waals surface area (Å²) in [6.45, 7) is -2.87. The lowest BCUT2D eigenvalue weighted by atomic mass is 9.88. The summed E-state index contributed by atoms with van der Waals surface area (Å²) in [5.74, 6) is 0. The highest BCUT2D eigenvalue weighted by Crippen LogP contribution is 2.38. The molecule has 1 aromatic heterocycles. The van der Waals surface area contributed by atoms with Crippen LogP contribution in [0.1, 0.15) is 47.6 Å². The van der Waals surface area contributed by atoms with Crippen LogP contribution in [0.4, 0.5) is 4.79 Å². The van der Waals surface area contributed by atoms with E-state index in [4.69, 9.17) is 21.8 Å². The van der Waals surface area contributed by atoms with Crippen LogP contribution in [0.15, 0.2) is 42.1 Å². The van der Waals surface area contributed by atoms with E-state index in [9.17, 15) is 4.79 Å². The van der Waals surface area contributed by atoms with Crippen LogP contribution in [0.2, 0.25) is 5.02 Å². The first-order valence-corrected chi connectivity index (χ1v) is 9.44. The van der Waals surface area contributed by atoms with Crippen molar-refractivity contribution in [2.45, 2.75) is 32.6 Å². The Bertz CT molecular complexity index is 1050. The fraction of sp³-hybridized carbons (Fsp3) is 0.364. The monoisotopic (exact) mass is 386 g/mol. The second-order valence-corrected chi connectivity index (χ2v) is 6.93. The molecule has 4 rings (SSSR count). The van der Waals surface area contributed by atoms with Gasteiger partial charge in [0.1, 0.15) is 0 Å². The van der Waals surface area contributed by atoms with Crippen molar-refractivity contribution in [3.8, 4) is 0 Å². The maximum absolute atomic E-state index is 12.4. The number of pyridine rings is 1. The van der Waals surface area contributed by atoms with E-state index in [-0.39, 0.29) is 19.4 Å². The molecular formula is C22H23ClN2O2. The molecule has 2 heterocycles. The number of aryl methyl sites for hydroxylation is 2. The molecule has 2 aliphatic rings. The summed E-state index contributed by atoms with van der Waals surface area (Å²) < 4.78 is 39.1. The zero-order chi connectivity index (χ0) is 22.4. The first kappa shape index (κ1) is 13.8. The minimum absolute atomic E-state index is 0.0425. The Labute approximate surface area is 170 Å². The van der Waals surface area contributed by atoms with Gasteiger partial charge in [-0.1, -0.05) is 29.3 Å². The summed E-state index contributed by atoms with van der Waals surface area (Å²) >= 11 is 6.24. The maximum atomic E-state index is 12.4. The summed E-state index contributed by atoms with van der Waals surface area (Å²) in [4.78, 5) is 17.6. The summed E-state index contributed by atoms with van der Waals surface area (Å²) in [6, 6.07) is 9.44. The molecule has 0 N–H and O–H groups in total. The number of carbonyl (C=O) groups excluding carboxylic acids is 1. The highest BCUT2D eigenvalue weighted by atomic mass is 35.5. The number of hydrogen-bond acceptors (Lipinski definition) is 3. The average Bonchev–Trinajstić information content (AvgIpc) is 2.82. The van der Waals surface area contributed by atoms with E-state index >= 15 is 0 Å². The van der Waals surface area contributed by atoms with Crippen molar-refractivity contribution in [2.24, 2.45) is 0 Å². The smallest absolute Gasteiger partial charge is 0.409 e. The lowest BCUT2D eigenvalue weighted by molar-refractivity contribution is 0.104. The van der Waals surface area contributed by atoms with Crippen LogP contribution in [-0.4, -0.2) is 35.6 Å². The second kappa shape index (κ2) is 7.73. The lowest BCUT2D eigenvalue weighted by Crippen LogP contribution is -2.37. The number of amides is 1. The van der Waals surface area contributed by atoms with Gasteiger partial charge in [-0.15, -0.1) is 0 Å². The Morgan fingerprint density at radius 2 is 2.00 bits per heavy atom. The lowest BCUT2D eigenvalue weighted by Gasteiger charge is -2.29. The molecule has 27 heavy (non-hydrogen) atoms. The number of ether oxygens (including phenoxy) is 1. The van der Waals surface area contributed by atoms with Crippen molar-refractivity contribution in [1.29, 1.82) is 0 Å². The van der Waals surface area contributed by atoms with Crippen molar-refractivity contribution in [1.82, 2.24) is 9.88 Å². The van der Waals surface area contributed by atoms with Crippen molar-refractivity contribution in [2.75, 3.05) is 19.6 Å². The normalized spacial score (nSPS) is 22.4. The van der Waals surface area contributed by atoms with Crippen LogP contribution in [0.5, 0.6) is 0 Å². The Morgan fingerprint density at radius 3 is 2.78 bits per heavy atom. The van der Waals surface area contributed by atoms with Gasteiger partial charge in [0, 0.05) is 35.3 Å². The van der Waals surface area contributed by atoms with Gasteiger partial charge in [-0.25, -0.2) is 4.79 Å². The summed E-state index contributed by atoms with van der Waals surface area (Å²) in [7, 11) is 0. The maximum Gasteiger partial charge on any atom is 0.409 e. The molecule has 0 spiro atoms. The molecule has 0 bridgehead atoms. The molecular weight excluding hydrogens is 360 g/mol. The molecule has 0 radical (unpaired) electrons. The minimum Gasteiger partial charge on any atom is -0.450 e. The van der Waals surface area contributed by atoms with E-state index in [1.165, 1.54) is 0 Å². The molecule has 2 aromatic rings. The van der Waals surface area contributed by atoms with E-state index in [2.05, 4.69) is 4.98 Å². The predicted octanol–water partition coefficient (Wildman–Crippen LogP) is 4.89.